The molecule has 332 valence electrons. The minimum absolute atomic E-state index is 0.0636. The van der Waals surface area contributed by atoms with Gasteiger partial charge in [-0.1, -0.05) is 240 Å². The molecule has 0 bridgehead atoms. The Kier molecular flexibility index (Phi) is 43.2. The zero-order valence-electron chi connectivity index (χ0n) is 38.1. The van der Waals surface area contributed by atoms with Crippen molar-refractivity contribution in [2.45, 2.75) is 284 Å². The molecular weight excluding hydrogens is 697 g/mol. The fourth-order valence-corrected chi connectivity index (χ4v) is 7.48. The van der Waals surface area contributed by atoms with Crippen LogP contribution >= 0.6 is 0 Å². The maximum Gasteiger partial charge on any atom is 0.306 e. The third-order valence-electron chi connectivity index (χ3n) is 11.7. The van der Waals surface area contributed by atoms with E-state index in [0.717, 1.165) is 63.7 Å². The van der Waals surface area contributed by atoms with Gasteiger partial charge in [0.05, 0.1) is 0 Å². The topological polar surface area (TPSA) is 78.9 Å². The summed E-state index contributed by atoms with van der Waals surface area (Å²) in [6.07, 6.45) is 45.1. The second-order valence-electron chi connectivity index (χ2n) is 17.3. The molecule has 2 atom stereocenters. The molecule has 1 unspecified atom stereocenters. The van der Waals surface area contributed by atoms with E-state index >= 15 is 0 Å². The molecule has 0 aliphatic heterocycles. The van der Waals surface area contributed by atoms with E-state index in [2.05, 4.69) is 27.7 Å². The van der Waals surface area contributed by atoms with E-state index in [0.29, 0.717) is 19.3 Å². The minimum Gasteiger partial charge on any atom is -0.462 e. The number of ether oxygens (including phenoxy) is 3. The highest BCUT2D eigenvalue weighted by Crippen LogP contribution is 2.17. The van der Waals surface area contributed by atoms with Crippen molar-refractivity contribution >= 4 is 17.9 Å². The van der Waals surface area contributed by atoms with E-state index in [-0.39, 0.29) is 31.1 Å². The average molecular weight is 793 g/mol. The Hall–Kier alpha value is -1.59. The number of carbonyl (C=O) groups excluding carboxylic acids is 3. The van der Waals surface area contributed by atoms with Crippen LogP contribution in [0.1, 0.15) is 278 Å². The van der Waals surface area contributed by atoms with Crippen molar-refractivity contribution in [3.8, 4) is 0 Å². The zero-order valence-corrected chi connectivity index (χ0v) is 38.1. The van der Waals surface area contributed by atoms with Gasteiger partial charge in [-0.25, -0.2) is 0 Å². The summed E-state index contributed by atoms with van der Waals surface area (Å²) < 4.78 is 16.7. The van der Waals surface area contributed by atoms with Gasteiger partial charge in [0.25, 0.3) is 0 Å². The van der Waals surface area contributed by atoms with Gasteiger partial charge in [-0.05, 0) is 25.2 Å². The Bertz CT molecular complexity index is 843. The van der Waals surface area contributed by atoms with Crippen LogP contribution in [0, 0.1) is 5.92 Å². The lowest BCUT2D eigenvalue weighted by Gasteiger charge is -2.18. The number of rotatable bonds is 45. The standard InChI is InChI=1S/C50H96O6/c1-5-8-10-12-14-16-17-18-19-20-21-22-23-25-30-34-38-42-49(52)55-45-47(44-54-48(51)41-37-33-29-24-15-13-11-9-6-2)56-50(53)43-39-35-31-27-26-28-32-36-40-46(4)7-3/h46-47H,5-45H2,1-4H3/t46?,47-/m1/s1. The van der Waals surface area contributed by atoms with Crippen LogP contribution in [0.15, 0.2) is 0 Å². The van der Waals surface area contributed by atoms with Crippen LogP contribution in [0.2, 0.25) is 0 Å². The molecule has 0 aromatic rings. The summed E-state index contributed by atoms with van der Waals surface area (Å²) in [6, 6.07) is 0. The summed E-state index contributed by atoms with van der Waals surface area (Å²) in [6.45, 7) is 9.00. The summed E-state index contributed by atoms with van der Waals surface area (Å²) in [5.41, 5.74) is 0. The number of hydrogen-bond acceptors (Lipinski definition) is 6. The van der Waals surface area contributed by atoms with Gasteiger partial charge < -0.3 is 14.2 Å². The molecule has 0 saturated carbocycles. The van der Waals surface area contributed by atoms with E-state index in [1.807, 2.05) is 0 Å². The Labute approximate surface area is 348 Å². The summed E-state index contributed by atoms with van der Waals surface area (Å²) in [7, 11) is 0. The van der Waals surface area contributed by atoms with Crippen LogP contribution in [-0.2, 0) is 28.6 Å². The van der Waals surface area contributed by atoms with Crippen molar-refractivity contribution in [2.24, 2.45) is 5.92 Å². The average Bonchev–Trinajstić information content (AvgIpc) is 3.19. The first kappa shape index (κ1) is 54.4. The summed E-state index contributed by atoms with van der Waals surface area (Å²) in [5.74, 6) is -0.00716. The summed E-state index contributed by atoms with van der Waals surface area (Å²) in [4.78, 5) is 37.8. The fraction of sp³-hybridized carbons (Fsp3) is 0.940. The molecule has 0 rings (SSSR count). The van der Waals surface area contributed by atoms with Crippen molar-refractivity contribution in [2.75, 3.05) is 13.2 Å². The maximum atomic E-state index is 12.7. The quantitative estimate of drug-likeness (QED) is 0.0347. The monoisotopic (exact) mass is 793 g/mol. The molecule has 6 heteroatoms. The predicted molar refractivity (Wildman–Crippen MR) is 238 cm³/mol. The first-order valence-corrected chi connectivity index (χ1v) is 24.9. The van der Waals surface area contributed by atoms with E-state index < -0.39 is 6.10 Å². The van der Waals surface area contributed by atoms with Crippen LogP contribution in [0.3, 0.4) is 0 Å². The maximum absolute atomic E-state index is 12.7. The lowest BCUT2D eigenvalue weighted by molar-refractivity contribution is -0.167. The van der Waals surface area contributed by atoms with E-state index in [1.165, 1.54) is 173 Å². The Morgan fingerprint density at radius 1 is 0.357 bits per heavy atom. The van der Waals surface area contributed by atoms with Gasteiger partial charge in [0, 0.05) is 19.3 Å². The molecule has 6 nitrogen and oxygen atoms in total. The number of esters is 3. The molecule has 0 fully saturated rings. The van der Waals surface area contributed by atoms with Crippen LogP contribution in [0.25, 0.3) is 0 Å². The second kappa shape index (κ2) is 44.5. The smallest absolute Gasteiger partial charge is 0.306 e. The molecule has 0 aliphatic carbocycles. The number of unbranched alkanes of at least 4 members (excludes halogenated alkanes) is 31. The van der Waals surface area contributed by atoms with Gasteiger partial charge in [0.2, 0.25) is 0 Å². The first-order chi connectivity index (χ1) is 27.4. The van der Waals surface area contributed by atoms with E-state index in [9.17, 15) is 14.4 Å². The molecular formula is C50H96O6. The van der Waals surface area contributed by atoms with Crippen molar-refractivity contribution in [1.82, 2.24) is 0 Å². The highest BCUT2D eigenvalue weighted by atomic mass is 16.6. The minimum atomic E-state index is -0.760. The molecule has 0 aliphatic rings. The molecule has 0 N–H and O–H groups in total. The lowest BCUT2D eigenvalue weighted by Crippen LogP contribution is -2.30. The van der Waals surface area contributed by atoms with E-state index in [4.69, 9.17) is 14.2 Å². The highest BCUT2D eigenvalue weighted by Gasteiger charge is 2.19. The molecule has 0 spiro atoms. The number of hydrogen-bond donors (Lipinski definition) is 0. The Morgan fingerprint density at radius 2 is 0.625 bits per heavy atom. The lowest BCUT2D eigenvalue weighted by atomic mass is 9.99. The molecule has 0 radical (unpaired) electrons. The molecule has 0 saturated heterocycles. The molecule has 0 aromatic heterocycles. The molecule has 0 heterocycles. The molecule has 0 amide bonds. The largest absolute Gasteiger partial charge is 0.462 e. The van der Waals surface area contributed by atoms with Crippen LogP contribution in [0.5, 0.6) is 0 Å². The van der Waals surface area contributed by atoms with Gasteiger partial charge in [-0.15, -0.1) is 0 Å². The summed E-state index contributed by atoms with van der Waals surface area (Å²) in [5, 5.41) is 0. The van der Waals surface area contributed by atoms with Crippen LogP contribution in [0.4, 0.5) is 0 Å². The predicted octanol–water partition coefficient (Wildman–Crippen LogP) is 15.9. The van der Waals surface area contributed by atoms with Gasteiger partial charge in [-0.2, -0.15) is 0 Å². The third kappa shape index (κ3) is 42.0. The van der Waals surface area contributed by atoms with Gasteiger partial charge >= 0.3 is 17.9 Å². The van der Waals surface area contributed by atoms with Crippen molar-refractivity contribution < 1.29 is 28.6 Å². The third-order valence-corrected chi connectivity index (χ3v) is 11.7. The fourth-order valence-electron chi connectivity index (χ4n) is 7.48. The molecule has 0 aromatic carbocycles. The normalized spacial score (nSPS) is 12.4. The SMILES string of the molecule is CCCCCCCCCCCCCCCCCCCC(=O)OC[C@@H](COC(=O)CCCCCCCCCCC)OC(=O)CCCCCCCCCCC(C)CC. The molecule has 56 heavy (non-hydrogen) atoms. The number of carbonyl (C=O) groups is 3. The first-order valence-electron chi connectivity index (χ1n) is 24.9. The highest BCUT2D eigenvalue weighted by molar-refractivity contribution is 5.71. The van der Waals surface area contributed by atoms with Crippen LogP contribution in [-0.4, -0.2) is 37.2 Å². The Morgan fingerprint density at radius 3 is 0.929 bits per heavy atom. The summed E-state index contributed by atoms with van der Waals surface area (Å²) >= 11 is 0. The van der Waals surface area contributed by atoms with Crippen molar-refractivity contribution in [3.05, 3.63) is 0 Å². The van der Waals surface area contributed by atoms with Gasteiger partial charge in [-0.3, -0.25) is 14.4 Å². The Balaban J connectivity index is 4.26. The van der Waals surface area contributed by atoms with E-state index in [1.54, 1.807) is 0 Å². The van der Waals surface area contributed by atoms with Crippen molar-refractivity contribution in [3.63, 3.8) is 0 Å². The zero-order chi connectivity index (χ0) is 41.0. The van der Waals surface area contributed by atoms with Gasteiger partial charge in [0.15, 0.2) is 6.10 Å². The van der Waals surface area contributed by atoms with Crippen LogP contribution < -0.4 is 0 Å². The van der Waals surface area contributed by atoms with Crippen molar-refractivity contribution in [1.29, 1.82) is 0 Å². The second-order valence-corrected chi connectivity index (χ2v) is 17.3. The van der Waals surface area contributed by atoms with Gasteiger partial charge in [0.1, 0.15) is 13.2 Å².